The van der Waals surface area contributed by atoms with Gasteiger partial charge in [-0.2, -0.15) is 8.78 Å². The summed E-state index contributed by atoms with van der Waals surface area (Å²) in [5.74, 6) is -2.77. The number of nitrogens with zero attached hydrogens (tertiary/aromatic N) is 1. The number of thioether (sulfide) groups is 1. The number of anilines is 2. The van der Waals surface area contributed by atoms with Gasteiger partial charge in [-0.05, 0) is 24.3 Å². The van der Waals surface area contributed by atoms with Crippen LogP contribution in [0.15, 0.2) is 34.5 Å². The second kappa shape index (κ2) is 7.37. The fourth-order valence-corrected chi connectivity index (χ4v) is 2.74. The maximum atomic E-state index is 12.2. The van der Waals surface area contributed by atoms with Gasteiger partial charge in [0, 0.05) is 16.0 Å². The van der Waals surface area contributed by atoms with Crippen molar-refractivity contribution < 1.29 is 18.3 Å². The number of hydrogen-bond acceptors (Lipinski definition) is 6. The number of hydrogen-bond donors (Lipinski definition) is 1. The Bertz CT molecular complexity index is 602. The van der Waals surface area contributed by atoms with E-state index in [2.05, 4.69) is 15.0 Å². The molecule has 0 saturated carbocycles. The first-order chi connectivity index (χ1) is 10.1. The first kappa shape index (κ1) is 15.7. The topological polar surface area (TPSA) is 51.2 Å². The second-order valence-electron chi connectivity index (χ2n) is 3.92. The number of carbonyl (C=O) groups is 1. The van der Waals surface area contributed by atoms with Gasteiger partial charge in [0.05, 0.1) is 19.2 Å². The molecule has 0 bridgehead atoms. The quantitative estimate of drug-likeness (QED) is 0.643. The number of thiazole rings is 1. The molecule has 0 saturated heterocycles. The van der Waals surface area contributed by atoms with Gasteiger partial charge >= 0.3 is 5.97 Å². The minimum Gasteiger partial charge on any atom is -0.469 e. The molecule has 1 aromatic carbocycles. The molecule has 8 heteroatoms. The molecule has 0 aliphatic rings. The number of benzene rings is 1. The van der Waals surface area contributed by atoms with Gasteiger partial charge in [-0.1, -0.05) is 11.8 Å². The van der Waals surface area contributed by atoms with Crippen LogP contribution >= 0.6 is 23.1 Å². The van der Waals surface area contributed by atoms with E-state index in [-0.39, 0.29) is 12.4 Å². The lowest BCUT2D eigenvalue weighted by molar-refractivity contribution is -0.139. The van der Waals surface area contributed by atoms with E-state index < -0.39 is 5.76 Å². The zero-order chi connectivity index (χ0) is 15.2. The molecule has 4 nitrogen and oxygen atoms in total. The highest BCUT2D eigenvalue weighted by Crippen LogP contribution is 2.27. The van der Waals surface area contributed by atoms with E-state index in [1.807, 2.05) is 0 Å². The van der Waals surface area contributed by atoms with E-state index in [1.54, 1.807) is 29.6 Å². The summed E-state index contributed by atoms with van der Waals surface area (Å²) in [5, 5.41) is 5.45. The fourth-order valence-electron chi connectivity index (χ4n) is 1.51. The number of esters is 1. The van der Waals surface area contributed by atoms with Crippen LogP contribution in [0, 0.1) is 0 Å². The lowest BCUT2D eigenvalue weighted by atomic mass is 10.3. The third-order valence-electron chi connectivity index (χ3n) is 2.44. The number of nitrogens with one attached hydrogen (secondary N) is 1. The van der Waals surface area contributed by atoms with Crippen molar-refractivity contribution in [3.8, 4) is 0 Å². The van der Waals surface area contributed by atoms with E-state index in [0.717, 1.165) is 5.69 Å². The summed E-state index contributed by atoms with van der Waals surface area (Å²) in [6.07, 6.45) is 0.124. The molecular formula is C13H12F2N2O2S2. The maximum absolute atomic E-state index is 12.2. The van der Waals surface area contributed by atoms with Crippen LogP contribution in [0.4, 0.5) is 19.6 Å². The van der Waals surface area contributed by atoms with Gasteiger partial charge in [-0.25, -0.2) is 4.98 Å². The highest BCUT2D eigenvalue weighted by molar-refractivity contribution is 7.99. The van der Waals surface area contributed by atoms with E-state index >= 15 is 0 Å². The van der Waals surface area contributed by atoms with Crippen LogP contribution in [0.2, 0.25) is 0 Å². The molecule has 0 atom stereocenters. The number of rotatable bonds is 6. The Morgan fingerprint density at radius 3 is 2.76 bits per heavy atom. The van der Waals surface area contributed by atoms with Gasteiger partial charge < -0.3 is 10.1 Å². The smallest absolute Gasteiger partial charge is 0.311 e. The summed E-state index contributed by atoms with van der Waals surface area (Å²) in [6, 6.07) is 6.63. The highest BCUT2D eigenvalue weighted by atomic mass is 32.2. The lowest BCUT2D eigenvalue weighted by Crippen LogP contribution is -2.04. The Morgan fingerprint density at radius 2 is 2.14 bits per heavy atom. The summed E-state index contributed by atoms with van der Waals surface area (Å²) in [7, 11) is 1.33. The minimum atomic E-state index is -2.43. The first-order valence-corrected chi connectivity index (χ1v) is 7.66. The van der Waals surface area contributed by atoms with Crippen molar-refractivity contribution >= 4 is 39.9 Å². The molecule has 0 amide bonds. The number of ether oxygens (including phenoxy) is 1. The van der Waals surface area contributed by atoms with Crippen molar-refractivity contribution in [2.75, 3.05) is 12.4 Å². The molecule has 2 aromatic rings. The molecule has 0 unspecified atom stereocenters. The summed E-state index contributed by atoms with van der Waals surface area (Å²) in [4.78, 5) is 15.9. The van der Waals surface area contributed by atoms with E-state index in [9.17, 15) is 13.6 Å². The minimum absolute atomic E-state index is 0.124. The zero-order valence-electron chi connectivity index (χ0n) is 11.0. The van der Waals surface area contributed by atoms with Crippen molar-refractivity contribution in [2.24, 2.45) is 0 Å². The van der Waals surface area contributed by atoms with Gasteiger partial charge in [0.25, 0.3) is 5.76 Å². The van der Waals surface area contributed by atoms with E-state index in [4.69, 9.17) is 0 Å². The average Bonchev–Trinajstić information content (AvgIpc) is 2.87. The van der Waals surface area contributed by atoms with Crippen LogP contribution in [0.1, 0.15) is 5.69 Å². The standard InChI is InChI=1S/C13H12F2N2O2S2/c1-19-11(18)6-9-7-20-13(17-9)16-8-2-4-10(5-3-8)21-12(14)15/h2-5,7,12H,6H2,1H3,(H,16,17). The van der Waals surface area contributed by atoms with E-state index in [1.165, 1.54) is 18.4 Å². The average molecular weight is 330 g/mol. The molecule has 0 aliphatic heterocycles. The van der Waals surface area contributed by atoms with Crippen LogP contribution in [-0.4, -0.2) is 23.8 Å². The van der Waals surface area contributed by atoms with E-state index in [0.29, 0.717) is 27.5 Å². The van der Waals surface area contributed by atoms with Crippen molar-refractivity contribution in [3.63, 3.8) is 0 Å². The number of methoxy groups -OCH3 is 1. The summed E-state index contributed by atoms with van der Waals surface area (Å²) < 4.78 is 29.0. The summed E-state index contributed by atoms with van der Waals surface area (Å²) >= 11 is 1.86. The number of alkyl halides is 2. The Kier molecular flexibility index (Phi) is 5.51. The Balaban J connectivity index is 1.96. The molecule has 1 N–H and O–H groups in total. The van der Waals surface area contributed by atoms with Gasteiger partial charge in [-0.15, -0.1) is 11.3 Å². The molecule has 21 heavy (non-hydrogen) atoms. The first-order valence-electron chi connectivity index (χ1n) is 5.90. The largest absolute Gasteiger partial charge is 0.469 e. The molecule has 0 spiro atoms. The van der Waals surface area contributed by atoms with Crippen LogP contribution < -0.4 is 5.32 Å². The molecule has 2 rings (SSSR count). The molecule has 1 aromatic heterocycles. The van der Waals surface area contributed by atoms with Gasteiger partial charge in [-0.3, -0.25) is 4.79 Å². The van der Waals surface area contributed by atoms with Gasteiger partial charge in [0.15, 0.2) is 5.13 Å². The Labute approximate surface area is 128 Å². The lowest BCUT2D eigenvalue weighted by Gasteiger charge is -2.04. The van der Waals surface area contributed by atoms with Crippen molar-refractivity contribution in [2.45, 2.75) is 17.1 Å². The van der Waals surface area contributed by atoms with Crippen molar-refractivity contribution in [3.05, 3.63) is 35.3 Å². The SMILES string of the molecule is COC(=O)Cc1csc(Nc2ccc(SC(F)F)cc2)n1. The Morgan fingerprint density at radius 1 is 1.43 bits per heavy atom. The predicted octanol–water partition coefficient (Wildman–Crippen LogP) is 3.92. The third kappa shape index (κ3) is 4.98. The molecule has 1 heterocycles. The summed E-state index contributed by atoms with van der Waals surface area (Å²) in [6.45, 7) is 0. The predicted molar refractivity (Wildman–Crippen MR) is 79.4 cm³/mol. The maximum Gasteiger partial charge on any atom is 0.311 e. The van der Waals surface area contributed by atoms with Crippen LogP contribution in [-0.2, 0) is 16.0 Å². The number of halogens is 2. The van der Waals surface area contributed by atoms with Gasteiger partial charge in [0.2, 0.25) is 0 Å². The number of carbonyl (C=O) groups excluding carboxylic acids is 1. The molecular weight excluding hydrogens is 318 g/mol. The molecule has 0 aliphatic carbocycles. The molecule has 112 valence electrons. The van der Waals surface area contributed by atoms with Crippen molar-refractivity contribution in [1.29, 1.82) is 0 Å². The Hall–Kier alpha value is -1.67. The highest BCUT2D eigenvalue weighted by Gasteiger charge is 2.08. The van der Waals surface area contributed by atoms with Crippen LogP contribution in [0.25, 0.3) is 0 Å². The fraction of sp³-hybridized carbons (Fsp3) is 0.231. The summed E-state index contributed by atoms with van der Waals surface area (Å²) in [5.41, 5.74) is 1.37. The number of aromatic nitrogens is 1. The zero-order valence-corrected chi connectivity index (χ0v) is 12.6. The molecule has 0 fully saturated rings. The third-order valence-corrected chi connectivity index (χ3v) is 3.96. The van der Waals surface area contributed by atoms with Crippen molar-refractivity contribution in [1.82, 2.24) is 4.98 Å². The van der Waals surface area contributed by atoms with Gasteiger partial charge in [0.1, 0.15) is 0 Å². The van der Waals surface area contributed by atoms with Crippen LogP contribution in [0.5, 0.6) is 0 Å². The second-order valence-corrected chi connectivity index (χ2v) is 5.85. The molecule has 0 radical (unpaired) electrons. The van der Waals surface area contributed by atoms with Crippen LogP contribution in [0.3, 0.4) is 0 Å². The monoisotopic (exact) mass is 330 g/mol. The normalized spacial score (nSPS) is 10.7.